The maximum absolute atomic E-state index is 4.10. The lowest BCUT2D eigenvalue weighted by Crippen LogP contribution is -2.17. The van der Waals surface area contributed by atoms with Gasteiger partial charge >= 0.3 is 0 Å². The number of hydrogen-bond acceptors (Lipinski definition) is 1. The van der Waals surface area contributed by atoms with Crippen molar-refractivity contribution in [3.63, 3.8) is 0 Å². The molecule has 0 fully saturated rings. The molecule has 1 heterocycles. The first-order valence-electron chi connectivity index (χ1n) is 6.87. The van der Waals surface area contributed by atoms with Crippen LogP contribution in [-0.2, 0) is 0 Å². The highest BCUT2D eigenvalue weighted by Gasteiger charge is 1.98. The fourth-order valence-electron chi connectivity index (χ4n) is 1.63. The van der Waals surface area contributed by atoms with Gasteiger partial charge in [-0.15, -0.1) is 11.3 Å². The summed E-state index contributed by atoms with van der Waals surface area (Å²) in [6, 6.07) is 8.50. The third kappa shape index (κ3) is 4.30. The summed E-state index contributed by atoms with van der Waals surface area (Å²) in [6.45, 7) is 16.5. The summed E-state index contributed by atoms with van der Waals surface area (Å²) >= 11 is 1.78. The van der Waals surface area contributed by atoms with Crippen LogP contribution in [0.5, 0.6) is 0 Å². The highest BCUT2D eigenvalue weighted by atomic mass is 32.1. The standard InChI is InChI=1S/C13H14S.2C2H6/c1-9(2)8-12-10(3)14-13-7-5-4-6-11(12)13;2*1-2/h4-9H,3H2,1-2H3;2*1-2H3/b12-8+;;. The van der Waals surface area contributed by atoms with E-state index in [0.29, 0.717) is 5.92 Å². The van der Waals surface area contributed by atoms with Crippen molar-refractivity contribution < 1.29 is 0 Å². The SMILES string of the molecule is C=c1sc2ccccc2/c1=C/C(C)C.CC.CC. The number of thiophene rings is 1. The molecule has 2 rings (SSSR count). The number of fused-ring (bicyclic) bond motifs is 1. The molecule has 2 aromatic rings. The van der Waals surface area contributed by atoms with Crippen molar-refractivity contribution in [3.8, 4) is 0 Å². The molecule has 1 heteroatoms. The molecule has 0 saturated heterocycles. The van der Waals surface area contributed by atoms with Crippen molar-refractivity contribution in [1.29, 1.82) is 0 Å². The van der Waals surface area contributed by atoms with Gasteiger partial charge in [0.05, 0.1) is 0 Å². The van der Waals surface area contributed by atoms with Gasteiger partial charge in [0.25, 0.3) is 0 Å². The van der Waals surface area contributed by atoms with Crippen LogP contribution in [0.15, 0.2) is 24.3 Å². The molecule has 0 aliphatic carbocycles. The van der Waals surface area contributed by atoms with E-state index < -0.39 is 0 Å². The van der Waals surface area contributed by atoms with Crippen LogP contribution in [0.1, 0.15) is 41.5 Å². The van der Waals surface area contributed by atoms with Crippen molar-refractivity contribution >= 4 is 34.1 Å². The first kappa shape index (κ1) is 16.9. The smallest absolute Gasteiger partial charge is 0.0355 e. The Bertz CT molecular complexity index is 546. The average molecular weight is 262 g/mol. The summed E-state index contributed by atoms with van der Waals surface area (Å²) in [7, 11) is 0. The van der Waals surface area contributed by atoms with Gasteiger partial charge in [-0.1, -0.05) is 72.4 Å². The van der Waals surface area contributed by atoms with Gasteiger partial charge in [-0.3, -0.25) is 0 Å². The fourth-order valence-corrected chi connectivity index (χ4v) is 2.62. The van der Waals surface area contributed by atoms with Gasteiger partial charge < -0.3 is 0 Å². The van der Waals surface area contributed by atoms with E-state index in [4.69, 9.17) is 0 Å². The third-order valence-electron chi connectivity index (χ3n) is 2.21. The van der Waals surface area contributed by atoms with Crippen molar-refractivity contribution in [2.75, 3.05) is 0 Å². The first-order chi connectivity index (χ1) is 8.68. The average Bonchev–Trinajstić information content (AvgIpc) is 2.71. The molecule has 0 saturated carbocycles. The monoisotopic (exact) mass is 262 g/mol. The Labute approximate surface area is 116 Å². The normalized spacial score (nSPS) is 10.7. The predicted molar refractivity (Wildman–Crippen MR) is 88.6 cm³/mol. The third-order valence-corrected chi connectivity index (χ3v) is 3.25. The Morgan fingerprint density at radius 3 is 2.17 bits per heavy atom. The van der Waals surface area contributed by atoms with Crippen LogP contribution < -0.4 is 9.75 Å². The zero-order valence-corrected chi connectivity index (χ0v) is 13.4. The molecule has 0 aliphatic rings. The van der Waals surface area contributed by atoms with Gasteiger partial charge in [0.1, 0.15) is 0 Å². The summed E-state index contributed by atoms with van der Waals surface area (Å²) in [5.74, 6) is 0.577. The molecule has 0 bridgehead atoms. The van der Waals surface area contributed by atoms with Crippen LogP contribution in [0, 0.1) is 5.92 Å². The molecular formula is C17H26S. The highest BCUT2D eigenvalue weighted by molar-refractivity contribution is 7.17. The molecule has 0 N–H and O–H groups in total. The van der Waals surface area contributed by atoms with Crippen LogP contribution in [0.2, 0.25) is 0 Å². The summed E-state index contributed by atoms with van der Waals surface area (Å²) in [5, 5.41) is 2.66. The summed E-state index contributed by atoms with van der Waals surface area (Å²) in [5.41, 5.74) is 0. The van der Waals surface area contributed by atoms with Crippen molar-refractivity contribution in [3.05, 3.63) is 34.0 Å². The predicted octanol–water partition coefficient (Wildman–Crippen LogP) is 4.80. The Hall–Kier alpha value is -1.08. The minimum absolute atomic E-state index is 0.577. The number of benzene rings is 1. The lowest BCUT2D eigenvalue weighted by Gasteiger charge is -1.92. The van der Waals surface area contributed by atoms with Crippen molar-refractivity contribution in [2.24, 2.45) is 5.92 Å². The van der Waals surface area contributed by atoms with E-state index in [-0.39, 0.29) is 0 Å². The molecule has 0 aliphatic heterocycles. The minimum atomic E-state index is 0.577. The molecule has 18 heavy (non-hydrogen) atoms. The Morgan fingerprint density at radius 1 is 1.06 bits per heavy atom. The molecule has 0 amide bonds. The Balaban J connectivity index is 0.000000659. The number of rotatable bonds is 1. The van der Waals surface area contributed by atoms with Crippen LogP contribution >= 0.6 is 11.3 Å². The molecule has 0 nitrogen and oxygen atoms in total. The van der Waals surface area contributed by atoms with E-state index >= 15 is 0 Å². The van der Waals surface area contributed by atoms with Crippen molar-refractivity contribution in [2.45, 2.75) is 41.5 Å². The van der Waals surface area contributed by atoms with Gasteiger partial charge in [-0.25, -0.2) is 0 Å². The minimum Gasteiger partial charge on any atom is -0.136 e. The fraction of sp³-hybridized carbons (Fsp3) is 0.412. The van der Waals surface area contributed by atoms with Gasteiger partial charge in [0.2, 0.25) is 0 Å². The molecule has 1 aromatic heterocycles. The van der Waals surface area contributed by atoms with E-state index in [1.807, 2.05) is 27.7 Å². The van der Waals surface area contributed by atoms with E-state index in [1.165, 1.54) is 19.8 Å². The summed E-state index contributed by atoms with van der Waals surface area (Å²) in [6.07, 6.45) is 2.29. The number of hydrogen-bond donors (Lipinski definition) is 0. The second kappa shape index (κ2) is 8.93. The first-order valence-corrected chi connectivity index (χ1v) is 7.68. The van der Waals surface area contributed by atoms with E-state index in [0.717, 1.165) is 0 Å². The molecule has 100 valence electrons. The van der Waals surface area contributed by atoms with Crippen LogP contribution in [0.3, 0.4) is 0 Å². The molecule has 0 spiro atoms. The Morgan fingerprint density at radius 2 is 1.61 bits per heavy atom. The lowest BCUT2D eigenvalue weighted by molar-refractivity contribution is 0.882. The van der Waals surface area contributed by atoms with Crippen LogP contribution in [-0.4, -0.2) is 0 Å². The largest absolute Gasteiger partial charge is 0.136 e. The van der Waals surface area contributed by atoms with E-state index in [1.54, 1.807) is 11.3 Å². The zero-order valence-electron chi connectivity index (χ0n) is 12.6. The molecule has 1 aromatic carbocycles. The van der Waals surface area contributed by atoms with Crippen molar-refractivity contribution in [1.82, 2.24) is 0 Å². The maximum Gasteiger partial charge on any atom is 0.0355 e. The molecule has 0 atom stereocenters. The lowest BCUT2D eigenvalue weighted by atomic mass is 10.1. The van der Waals surface area contributed by atoms with Gasteiger partial charge in [-0.05, 0) is 22.6 Å². The molecular weight excluding hydrogens is 236 g/mol. The van der Waals surface area contributed by atoms with Crippen LogP contribution in [0.4, 0.5) is 0 Å². The maximum atomic E-state index is 4.10. The quantitative estimate of drug-likeness (QED) is 0.692. The summed E-state index contributed by atoms with van der Waals surface area (Å²) < 4.78 is 2.52. The zero-order chi connectivity index (χ0) is 14.1. The van der Waals surface area contributed by atoms with Gasteiger partial charge in [-0.2, -0.15) is 0 Å². The van der Waals surface area contributed by atoms with E-state index in [2.05, 4.69) is 50.8 Å². The summed E-state index contributed by atoms with van der Waals surface area (Å²) in [4.78, 5) is 0. The highest BCUT2D eigenvalue weighted by Crippen LogP contribution is 2.12. The molecule has 0 unspecified atom stereocenters. The van der Waals surface area contributed by atoms with Gasteiger partial charge in [0.15, 0.2) is 0 Å². The second-order valence-corrected chi connectivity index (χ2v) is 4.98. The topological polar surface area (TPSA) is 0 Å². The van der Waals surface area contributed by atoms with Crippen LogP contribution in [0.25, 0.3) is 22.7 Å². The molecule has 0 radical (unpaired) electrons. The Kier molecular flexibility index (Phi) is 8.40. The van der Waals surface area contributed by atoms with E-state index in [9.17, 15) is 0 Å². The van der Waals surface area contributed by atoms with Gasteiger partial charge in [0, 0.05) is 9.23 Å². The second-order valence-electron chi connectivity index (χ2n) is 3.85.